The Morgan fingerprint density at radius 3 is 2.64 bits per heavy atom. The molecule has 144 valence electrons. The number of ether oxygens (including phenoxy) is 1. The Kier molecular flexibility index (Phi) is 6.26. The van der Waals surface area contributed by atoms with Crippen molar-refractivity contribution in [1.82, 2.24) is 15.2 Å². The summed E-state index contributed by atoms with van der Waals surface area (Å²) in [5, 5.41) is 8.61. The SMILES string of the molecule is COc1ccc(C=NNC(=O)c2ccccc2)cc1Cn1nc(C)c(Br)c1C. The van der Waals surface area contributed by atoms with Gasteiger partial charge in [0.25, 0.3) is 5.91 Å². The molecule has 0 radical (unpaired) electrons. The van der Waals surface area contributed by atoms with Crippen LogP contribution in [0.5, 0.6) is 5.75 Å². The third-order valence-corrected chi connectivity index (χ3v) is 5.48. The number of hydrogen-bond donors (Lipinski definition) is 1. The molecule has 1 amide bonds. The molecule has 7 heteroatoms. The summed E-state index contributed by atoms with van der Waals surface area (Å²) >= 11 is 3.55. The van der Waals surface area contributed by atoms with Crippen LogP contribution in [0.4, 0.5) is 0 Å². The van der Waals surface area contributed by atoms with Crippen LogP contribution in [0.1, 0.15) is 32.9 Å². The van der Waals surface area contributed by atoms with Gasteiger partial charge in [-0.2, -0.15) is 10.2 Å². The highest BCUT2D eigenvalue weighted by molar-refractivity contribution is 9.10. The molecule has 0 aliphatic heterocycles. The van der Waals surface area contributed by atoms with E-state index in [0.717, 1.165) is 32.7 Å². The number of nitrogens with zero attached hydrogens (tertiary/aromatic N) is 3. The molecule has 1 aromatic heterocycles. The van der Waals surface area contributed by atoms with Crippen molar-refractivity contribution in [3.05, 3.63) is 81.1 Å². The van der Waals surface area contributed by atoms with E-state index in [0.29, 0.717) is 12.1 Å². The van der Waals surface area contributed by atoms with Crippen LogP contribution in [-0.2, 0) is 6.54 Å². The number of aromatic nitrogens is 2. The Hall–Kier alpha value is -2.93. The molecule has 28 heavy (non-hydrogen) atoms. The predicted molar refractivity (Wildman–Crippen MR) is 113 cm³/mol. The highest BCUT2D eigenvalue weighted by atomic mass is 79.9. The van der Waals surface area contributed by atoms with Crippen LogP contribution < -0.4 is 10.2 Å². The van der Waals surface area contributed by atoms with E-state index in [2.05, 4.69) is 31.6 Å². The summed E-state index contributed by atoms with van der Waals surface area (Å²) in [6.07, 6.45) is 1.61. The fourth-order valence-corrected chi connectivity index (χ4v) is 3.10. The van der Waals surface area contributed by atoms with Gasteiger partial charge in [0.15, 0.2) is 0 Å². The molecule has 1 N–H and O–H groups in total. The van der Waals surface area contributed by atoms with Crippen molar-refractivity contribution in [2.75, 3.05) is 7.11 Å². The number of amides is 1. The Bertz CT molecular complexity index is 1010. The summed E-state index contributed by atoms with van der Waals surface area (Å²) in [5.74, 6) is 0.521. The van der Waals surface area contributed by atoms with E-state index in [1.54, 1.807) is 25.5 Å². The second kappa shape index (κ2) is 8.84. The number of carbonyl (C=O) groups excluding carboxylic acids is 1. The summed E-state index contributed by atoms with van der Waals surface area (Å²) in [5.41, 5.74) is 6.92. The lowest BCUT2D eigenvalue weighted by atomic mass is 10.1. The van der Waals surface area contributed by atoms with E-state index in [4.69, 9.17) is 4.74 Å². The summed E-state index contributed by atoms with van der Waals surface area (Å²) in [6.45, 7) is 4.55. The molecule has 0 spiro atoms. The minimum atomic E-state index is -0.252. The van der Waals surface area contributed by atoms with E-state index in [9.17, 15) is 4.79 Å². The van der Waals surface area contributed by atoms with Gasteiger partial charge in [0.1, 0.15) is 5.75 Å². The third-order valence-electron chi connectivity index (χ3n) is 4.33. The van der Waals surface area contributed by atoms with Gasteiger partial charge >= 0.3 is 0 Å². The van der Waals surface area contributed by atoms with Crippen molar-refractivity contribution in [1.29, 1.82) is 0 Å². The number of hydrogen-bond acceptors (Lipinski definition) is 4. The van der Waals surface area contributed by atoms with Gasteiger partial charge in [-0.25, -0.2) is 5.43 Å². The number of aryl methyl sites for hydroxylation is 1. The van der Waals surface area contributed by atoms with Gasteiger partial charge in [-0.3, -0.25) is 9.48 Å². The highest BCUT2D eigenvalue weighted by Crippen LogP contribution is 2.24. The third kappa shape index (κ3) is 4.48. The minimum Gasteiger partial charge on any atom is -0.496 e. The maximum atomic E-state index is 12.1. The van der Waals surface area contributed by atoms with E-state index in [-0.39, 0.29) is 5.91 Å². The first-order valence-corrected chi connectivity index (χ1v) is 9.53. The van der Waals surface area contributed by atoms with Gasteiger partial charge in [-0.1, -0.05) is 18.2 Å². The zero-order chi connectivity index (χ0) is 20.1. The van der Waals surface area contributed by atoms with Crippen LogP contribution in [0.25, 0.3) is 0 Å². The van der Waals surface area contributed by atoms with E-state index in [1.165, 1.54) is 0 Å². The molecule has 3 rings (SSSR count). The van der Waals surface area contributed by atoms with Crippen molar-refractivity contribution < 1.29 is 9.53 Å². The van der Waals surface area contributed by atoms with Crippen LogP contribution in [0.15, 0.2) is 58.1 Å². The normalized spacial score (nSPS) is 11.0. The van der Waals surface area contributed by atoms with Crippen molar-refractivity contribution in [2.45, 2.75) is 20.4 Å². The Labute approximate surface area is 172 Å². The number of benzene rings is 2. The number of hydrazone groups is 1. The number of methoxy groups -OCH3 is 1. The molecule has 0 fully saturated rings. The first-order chi connectivity index (χ1) is 13.5. The summed E-state index contributed by atoms with van der Waals surface area (Å²) < 4.78 is 8.42. The van der Waals surface area contributed by atoms with E-state index in [1.807, 2.05) is 54.9 Å². The standard InChI is InChI=1S/C21H21BrN4O2/c1-14-20(22)15(2)26(25-14)13-18-11-16(9-10-19(18)28-3)12-23-24-21(27)17-7-5-4-6-8-17/h4-12H,13H2,1-3H3,(H,24,27). The van der Waals surface area contributed by atoms with Crippen molar-refractivity contribution in [2.24, 2.45) is 5.10 Å². The zero-order valence-corrected chi connectivity index (χ0v) is 17.5. The van der Waals surface area contributed by atoms with Crippen LogP contribution in [-0.4, -0.2) is 29.0 Å². The first kappa shape index (κ1) is 19.8. The Balaban J connectivity index is 1.77. The second-order valence-electron chi connectivity index (χ2n) is 6.28. The zero-order valence-electron chi connectivity index (χ0n) is 15.9. The van der Waals surface area contributed by atoms with Crippen LogP contribution >= 0.6 is 15.9 Å². The lowest BCUT2D eigenvalue weighted by molar-refractivity contribution is 0.0955. The van der Waals surface area contributed by atoms with Crippen molar-refractivity contribution >= 4 is 28.1 Å². The fraction of sp³-hybridized carbons (Fsp3) is 0.190. The van der Waals surface area contributed by atoms with Gasteiger partial charge in [0, 0.05) is 11.1 Å². The molecule has 0 aliphatic carbocycles. The Morgan fingerprint density at radius 1 is 1.25 bits per heavy atom. The van der Waals surface area contributed by atoms with Crippen molar-refractivity contribution in [3.63, 3.8) is 0 Å². The largest absolute Gasteiger partial charge is 0.496 e. The molecule has 0 atom stereocenters. The molecule has 3 aromatic rings. The molecule has 6 nitrogen and oxygen atoms in total. The number of halogens is 1. The smallest absolute Gasteiger partial charge is 0.271 e. The highest BCUT2D eigenvalue weighted by Gasteiger charge is 2.12. The average Bonchev–Trinajstić information content (AvgIpc) is 2.95. The molecule has 0 saturated carbocycles. The number of carbonyl (C=O) groups is 1. The maximum Gasteiger partial charge on any atom is 0.271 e. The molecular formula is C21H21BrN4O2. The van der Waals surface area contributed by atoms with E-state index >= 15 is 0 Å². The summed E-state index contributed by atoms with van der Waals surface area (Å²) in [7, 11) is 1.64. The van der Waals surface area contributed by atoms with E-state index < -0.39 is 0 Å². The predicted octanol–water partition coefficient (Wildman–Crippen LogP) is 4.08. The summed E-state index contributed by atoms with van der Waals surface area (Å²) in [6, 6.07) is 14.7. The van der Waals surface area contributed by atoms with Gasteiger partial charge in [-0.15, -0.1) is 0 Å². The lowest BCUT2D eigenvalue weighted by Gasteiger charge is -2.11. The molecule has 0 bridgehead atoms. The molecular weight excluding hydrogens is 420 g/mol. The Morgan fingerprint density at radius 2 is 2.00 bits per heavy atom. The van der Waals surface area contributed by atoms with Gasteiger partial charge in [-0.05, 0) is 65.7 Å². The monoisotopic (exact) mass is 440 g/mol. The quantitative estimate of drug-likeness (QED) is 0.463. The summed E-state index contributed by atoms with van der Waals surface area (Å²) in [4.78, 5) is 12.1. The second-order valence-corrected chi connectivity index (χ2v) is 7.07. The van der Waals surface area contributed by atoms with Crippen LogP contribution in [0.2, 0.25) is 0 Å². The van der Waals surface area contributed by atoms with Gasteiger partial charge in [0.2, 0.25) is 0 Å². The van der Waals surface area contributed by atoms with Crippen LogP contribution in [0.3, 0.4) is 0 Å². The molecule has 0 unspecified atom stereocenters. The topological polar surface area (TPSA) is 68.5 Å². The molecule has 2 aromatic carbocycles. The fourth-order valence-electron chi connectivity index (χ4n) is 2.81. The average molecular weight is 441 g/mol. The minimum absolute atomic E-state index is 0.252. The van der Waals surface area contributed by atoms with Crippen LogP contribution in [0, 0.1) is 13.8 Å². The maximum absolute atomic E-state index is 12.1. The van der Waals surface area contributed by atoms with Gasteiger partial charge in [0.05, 0.1) is 35.7 Å². The van der Waals surface area contributed by atoms with Crippen molar-refractivity contribution in [3.8, 4) is 5.75 Å². The number of nitrogens with one attached hydrogen (secondary N) is 1. The lowest BCUT2D eigenvalue weighted by Crippen LogP contribution is -2.17. The first-order valence-electron chi connectivity index (χ1n) is 8.74. The molecule has 0 aliphatic rings. The molecule has 0 saturated heterocycles. The van der Waals surface area contributed by atoms with Gasteiger partial charge < -0.3 is 4.74 Å². The number of rotatable bonds is 6. The molecule has 1 heterocycles.